The molecule has 158 valence electrons. The van der Waals surface area contributed by atoms with Crippen molar-refractivity contribution in [2.45, 2.75) is 70.6 Å². The molecule has 1 saturated carbocycles. The number of nitrogens with zero attached hydrogens (tertiary/aromatic N) is 3. The Bertz CT molecular complexity index is 840. The van der Waals surface area contributed by atoms with Crippen LogP contribution in [0, 0.1) is 0 Å². The van der Waals surface area contributed by atoms with Crippen LogP contribution < -0.4 is 9.64 Å². The lowest BCUT2D eigenvalue weighted by molar-refractivity contribution is -0.137. The second kappa shape index (κ2) is 8.20. The molecule has 4 nitrogen and oxygen atoms in total. The molecule has 29 heavy (non-hydrogen) atoms. The smallest absolute Gasteiger partial charge is 0.421 e. The zero-order valence-corrected chi connectivity index (χ0v) is 17.4. The predicted octanol–water partition coefficient (Wildman–Crippen LogP) is 6.49. The van der Waals surface area contributed by atoms with Crippen molar-refractivity contribution in [1.29, 1.82) is 0 Å². The topological polar surface area (TPSA) is 38.2 Å². The number of rotatable bonds is 4. The van der Waals surface area contributed by atoms with Crippen LogP contribution in [0.2, 0.25) is 0 Å². The third-order valence-electron chi connectivity index (χ3n) is 5.10. The van der Waals surface area contributed by atoms with Crippen LogP contribution in [0.5, 0.6) is 6.01 Å². The van der Waals surface area contributed by atoms with Gasteiger partial charge in [0.1, 0.15) is 11.2 Å². The van der Waals surface area contributed by atoms with E-state index < -0.39 is 17.3 Å². The highest BCUT2D eigenvalue weighted by Gasteiger charge is 2.37. The summed E-state index contributed by atoms with van der Waals surface area (Å²) in [5.74, 6) is 0.247. The van der Waals surface area contributed by atoms with Gasteiger partial charge in [-0.25, -0.2) is 4.98 Å². The molecule has 0 radical (unpaired) electrons. The summed E-state index contributed by atoms with van der Waals surface area (Å²) in [6.45, 7) is 5.39. The molecule has 0 atom stereocenters. The molecule has 1 aromatic heterocycles. The first-order valence-corrected chi connectivity index (χ1v) is 10.0. The zero-order valence-electron chi connectivity index (χ0n) is 17.4. The van der Waals surface area contributed by atoms with Crippen molar-refractivity contribution < 1.29 is 17.9 Å². The van der Waals surface area contributed by atoms with Gasteiger partial charge in [-0.1, -0.05) is 31.4 Å². The van der Waals surface area contributed by atoms with E-state index >= 15 is 0 Å². The Morgan fingerprint density at radius 1 is 1.07 bits per heavy atom. The van der Waals surface area contributed by atoms with Gasteiger partial charge < -0.3 is 9.64 Å². The summed E-state index contributed by atoms with van der Waals surface area (Å²) in [4.78, 5) is 9.36. The predicted molar refractivity (Wildman–Crippen MR) is 108 cm³/mol. The minimum atomic E-state index is -4.56. The summed E-state index contributed by atoms with van der Waals surface area (Å²) < 4.78 is 46.4. The molecular weight excluding hydrogens is 379 g/mol. The van der Waals surface area contributed by atoms with Gasteiger partial charge in [0, 0.05) is 18.9 Å². The molecule has 0 aliphatic heterocycles. The van der Waals surface area contributed by atoms with Crippen molar-refractivity contribution in [3.8, 4) is 6.01 Å². The molecule has 0 amide bonds. The van der Waals surface area contributed by atoms with E-state index in [0.717, 1.165) is 19.0 Å². The normalized spacial score (nSPS) is 16.0. The van der Waals surface area contributed by atoms with Crippen LogP contribution in [0.1, 0.15) is 69.9 Å². The molecule has 0 unspecified atom stereocenters. The second-order valence-electron chi connectivity index (χ2n) is 8.59. The van der Waals surface area contributed by atoms with Crippen LogP contribution in [0.3, 0.4) is 0 Å². The summed E-state index contributed by atoms with van der Waals surface area (Å²) in [5, 5.41) is 0. The maximum atomic E-state index is 13.6. The fourth-order valence-electron chi connectivity index (χ4n) is 3.68. The van der Waals surface area contributed by atoms with E-state index in [1.165, 1.54) is 29.7 Å². The summed E-state index contributed by atoms with van der Waals surface area (Å²) in [7, 11) is 1.60. The SMILES string of the molecule is CN(c1cccc(C2CCCCC2)c1)c1nc(OC(C)(C)C)ncc1C(F)(F)F. The van der Waals surface area contributed by atoms with E-state index in [1.54, 1.807) is 33.9 Å². The van der Waals surface area contributed by atoms with Gasteiger partial charge in [0.25, 0.3) is 0 Å². The molecule has 0 saturated heterocycles. The van der Waals surface area contributed by atoms with Gasteiger partial charge in [-0.2, -0.15) is 18.2 Å². The molecule has 1 aliphatic rings. The Kier molecular flexibility index (Phi) is 6.05. The highest BCUT2D eigenvalue weighted by atomic mass is 19.4. The van der Waals surface area contributed by atoms with E-state index in [0.29, 0.717) is 11.6 Å². The molecule has 2 aromatic rings. The van der Waals surface area contributed by atoms with E-state index in [9.17, 15) is 13.2 Å². The van der Waals surface area contributed by atoms with Crippen molar-refractivity contribution in [1.82, 2.24) is 9.97 Å². The molecular formula is C22H28F3N3O. The van der Waals surface area contributed by atoms with E-state index in [4.69, 9.17) is 4.74 Å². The Labute approximate surface area is 170 Å². The van der Waals surface area contributed by atoms with Gasteiger partial charge in [-0.15, -0.1) is 0 Å². The summed E-state index contributed by atoms with van der Waals surface area (Å²) >= 11 is 0. The lowest BCUT2D eigenvalue weighted by atomic mass is 9.84. The molecule has 1 aromatic carbocycles. The summed E-state index contributed by atoms with van der Waals surface area (Å²) in [6.07, 6.45) is 2.12. The van der Waals surface area contributed by atoms with E-state index in [2.05, 4.69) is 16.0 Å². The first-order valence-electron chi connectivity index (χ1n) is 10.0. The Morgan fingerprint density at radius 2 is 1.76 bits per heavy atom. The lowest BCUT2D eigenvalue weighted by Crippen LogP contribution is -2.26. The fourth-order valence-corrected chi connectivity index (χ4v) is 3.68. The molecule has 1 heterocycles. The molecule has 1 fully saturated rings. The summed E-state index contributed by atoms with van der Waals surface area (Å²) in [6, 6.07) is 7.67. The lowest BCUT2D eigenvalue weighted by Gasteiger charge is -2.26. The average molecular weight is 407 g/mol. The molecule has 0 N–H and O–H groups in total. The standard InChI is InChI=1S/C22H28F3N3O/c1-21(2,3)29-20-26-14-18(22(23,24)25)19(27-20)28(4)17-12-8-11-16(13-17)15-9-6-5-7-10-15/h8,11-15H,5-7,9-10H2,1-4H3. The van der Waals surface area contributed by atoms with Crippen molar-refractivity contribution in [2.75, 3.05) is 11.9 Å². The van der Waals surface area contributed by atoms with Crippen molar-refractivity contribution in [2.24, 2.45) is 0 Å². The number of alkyl halides is 3. The van der Waals surface area contributed by atoms with Gasteiger partial charge in [0.2, 0.25) is 0 Å². The van der Waals surface area contributed by atoms with Gasteiger partial charge in [0.05, 0.1) is 0 Å². The first kappa shape index (κ1) is 21.4. The monoisotopic (exact) mass is 407 g/mol. The average Bonchev–Trinajstić information content (AvgIpc) is 2.66. The number of aromatic nitrogens is 2. The Hall–Kier alpha value is -2.31. The maximum Gasteiger partial charge on any atom is 0.421 e. The number of halogens is 3. The van der Waals surface area contributed by atoms with Crippen LogP contribution in [-0.2, 0) is 6.18 Å². The number of hydrogen-bond donors (Lipinski definition) is 0. The van der Waals surface area contributed by atoms with Crippen LogP contribution in [0.4, 0.5) is 24.7 Å². The van der Waals surface area contributed by atoms with Crippen LogP contribution in [0.25, 0.3) is 0 Å². The molecule has 0 bridgehead atoms. The van der Waals surface area contributed by atoms with Crippen molar-refractivity contribution in [3.63, 3.8) is 0 Å². The minimum Gasteiger partial charge on any atom is -0.458 e. The van der Waals surface area contributed by atoms with E-state index in [-0.39, 0.29) is 11.8 Å². The molecule has 1 aliphatic carbocycles. The van der Waals surface area contributed by atoms with Crippen molar-refractivity contribution >= 4 is 11.5 Å². The number of benzene rings is 1. The number of hydrogen-bond acceptors (Lipinski definition) is 4. The second-order valence-corrected chi connectivity index (χ2v) is 8.59. The number of anilines is 2. The third-order valence-corrected chi connectivity index (χ3v) is 5.10. The van der Waals surface area contributed by atoms with Crippen LogP contribution in [0.15, 0.2) is 30.5 Å². The third kappa shape index (κ3) is 5.40. The largest absolute Gasteiger partial charge is 0.458 e. The van der Waals surface area contributed by atoms with Gasteiger partial charge in [0.15, 0.2) is 5.82 Å². The quantitative estimate of drug-likeness (QED) is 0.581. The van der Waals surface area contributed by atoms with Crippen LogP contribution >= 0.6 is 0 Å². The van der Waals surface area contributed by atoms with Gasteiger partial charge in [-0.05, 0) is 57.2 Å². The first-order chi connectivity index (χ1) is 13.5. The zero-order chi connectivity index (χ0) is 21.2. The Balaban J connectivity index is 1.98. The summed E-state index contributed by atoms with van der Waals surface area (Å²) in [5.41, 5.74) is 0.336. The van der Waals surface area contributed by atoms with Gasteiger partial charge >= 0.3 is 12.2 Å². The highest BCUT2D eigenvalue weighted by molar-refractivity contribution is 5.63. The highest BCUT2D eigenvalue weighted by Crippen LogP contribution is 2.39. The minimum absolute atomic E-state index is 0.0733. The number of ether oxygens (including phenoxy) is 1. The Morgan fingerprint density at radius 3 is 2.38 bits per heavy atom. The molecule has 3 rings (SSSR count). The van der Waals surface area contributed by atoms with E-state index in [1.807, 2.05) is 12.1 Å². The molecule has 7 heteroatoms. The fraction of sp³-hybridized carbons (Fsp3) is 0.545. The van der Waals surface area contributed by atoms with Gasteiger partial charge in [-0.3, -0.25) is 0 Å². The van der Waals surface area contributed by atoms with Crippen molar-refractivity contribution in [3.05, 3.63) is 41.6 Å². The maximum absolute atomic E-state index is 13.6. The van der Waals surface area contributed by atoms with Crippen LogP contribution in [-0.4, -0.2) is 22.6 Å². The molecule has 0 spiro atoms.